The predicted octanol–water partition coefficient (Wildman–Crippen LogP) is 3.22. The zero-order valence-electron chi connectivity index (χ0n) is 11.9. The van der Waals surface area contributed by atoms with Crippen LogP contribution in [0.4, 0.5) is 5.69 Å². The molecule has 0 spiro atoms. The van der Waals surface area contributed by atoms with Crippen LogP contribution >= 0.6 is 0 Å². The SMILES string of the molecule is C=CC[C@@]12CCCC[C@@H]1N(S(C)(=O)=O)c1ccccc12. The molecule has 3 rings (SSSR count). The third-order valence-corrected chi connectivity index (χ3v) is 5.98. The van der Waals surface area contributed by atoms with Gasteiger partial charge in [-0.15, -0.1) is 6.58 Å². The Labute approximate surface area is 121 Å². The topological polar surface area (TPSA) is 37.4 Å². The normalized spacial score (nSPS) is 28.9. The first-order valence-corrected chi connectivity index (χ1v) is 9.05. The van der Waals surface area contributed by atoms with Gasteiger partial charge in [-0.05, 0) is 30.9 Å². The minimum absolute atomic E-state index is 0.0571. The predicted molar refractivity (Wildman–Crippen MR) is 82.5 cm³/mol. The quantitative estimate of drug-likeness (QED) is 0.802. The average Bonchev–Trinajstić information content (AvgIpc) is 2.69. The van der Waals surface area contributed by atoms with Crippen molar-refractivity contribution in [3.8, 4) is 0 Å². The Bertz CT molecular complexity index is 638. The van der Waals surface area contributed by atoms with E-state index in [1.807, 2.05) is 24.3 Å². The van der Waals surface area contributed by atoms with Gasteiger partial charge < -0.3 is 0 Å². The van der Waals surface area contributed by atoms with Crippen LogP contribution in [0.25, 0.3) is 0 Å². The molecule has 1 aromatic carbocycles. The summed E-state index contributed by atoms with van der Waals surface area (Å²) in [5, 5.41) is 0. The highest BCUT2D eigenvalue weighted by molar-refractivity contribution is 7.92. The molecule has 0 unspecified atom stereocenters. The lowest BCUT2D eigenvalue weighted by atomic mass is 9.66. The minimum Gasteiger partial charge on any atom is -0.266 e. The van der Waals surface area contributed by atoms with Gasteiger partial charge in [0.15, 0.2) is 0 Å². The molecular formula is C16H21NO2S. The van der Waals surface area contributed by atoms with Crippen LogP contribution in [0.3, 0.4) is 0 Å². The van der Waals surface area contributed by atoms with E-state index in [1.54, 1.807) is 4.31 Å². The molecule has 0 amide bonds. The highest BCUT2D eigenvalue weighted by Crippen LogP contribution is 2.54. The van der Waals surface area contributed by atoms with Crippen LogP contribution in [-0.4, -0.2) is 20.7 Å². The van der Waals surface area contributed by atoms with E-state index >= 15 is 0 Å². The number of hydrogen-bond acceptors (Lipinski definition) is 2. The average molecular weight is 291 g/mol. The number of para-hydroxylation sites is 1. The molecule has 0 radical (unpaired) electrons. The summed E-state index contributed by atoms with van der Waals surface area (Å²) in [4.78, 5) is 0. The van der Waals surface area contributed by atoms with Crippen LogP contribution in [0, 0.1) is 0 Å². The molecular weight excluding hydrogens is 270 g/mol. The largest absolute Gasteiger partial charge is 0.266 e. The van der Waals surface area contributed by atoms with Crippen molar-refractivity contribution in [1.82, 2.24) is 0 Å². The molecule has 0 saturated heterocycles. The van der Waals surface area contributed by atoms with Gasteiger partial charge in [-0.1, -0.05) is 37.1 Å². The summed E-state index contributed by atoms with van der Waals surface area (Å²) in [6, 6.07) is 8.04. The van der Waals surface area contributed by atoms with Crippen LogP contribution in [0.15, 0.2) is 36.9 Å². The maximum absolute atomic E-state index is 12.3. The first-order valence-electron chi connectivity index (χ1n) is 7.20. The molecule has 4 heteroatoms. The summed E-state index contributed by atoms with van der Waals surface area (Å²) < 4.78 is 26.3. The lowest BCUT2D eigenvalue weighted by molar-refractivity contribution is 0.271. The minimum atomic E-state index is -3.24. The summed E-state index contributed by atoms with van der Waals surface area (Å²) in [6.07, 6.45) is 8.37. The molecule has 20 heavy (non-hydrogen) atoms. The van der Waals surface area contributed by atoms with Crippen LogP contribution < -0.4 is 4.31 Å². The monoisotopic (exact) mass is 291 g/mol. The van der Waals surface area contributed by atoms with Gasteiger partial charge in [-0.25, -0.2) is 8.42 Å². The fourth-order valence-corrected chi connectivity index (χ4v) is 5.43. The maximum atomic E-state index is 12.3. The third kappa shape index (κ3) is 1.81. The van der Waals surface area contributed by atoms with Crippen molar-refractivity contribution in [3.05, 3.63) is 42.5 Å². The Morgan fingerprint density at radius 2 is 2.15 bits per heavy atom. The molecule has 1 saturated carbocycles. The van der Waals surface area contributed by atoms with Gasteiger partial charge in [0.25, 0.3) is 0 Å². The number of rotatable bonds is 3. The fraction of sp³-hybridized carbons (Fsp3) is 0.500. The van der Waals surface area contributed by atoms with Gasteiger partial charge in [0.1, 0.15) is 0 Å². The standard InChI is InChI=1S/C16H21NO2S/c1-3-11-16-12-7-6-10-15(16)17(20(2,18)19)14-9-5-4-8-13(14)16/h3-5,8-9,15H,1,6-7,10-12H2,2H3/t15-,16-/m0/s1. The number of nitrogens with zero attached hydrogens (tertiary/aromatic N) is 1. The Morgan fingerprint density at radius 3 is 2.85 bits per heavy atom. The summed E-state index contributed by atoms with van der Waals surface area (Å²) in [6.45, 7) is 3.90. The first kappa shape index (κ1) is 13.7. The molecule has 0 bridgehead atoms. The van der Waals surface area contributed by atoms with Crippen molar-refractivity contribution in [2.75, 3.05) is 10.6 Å². The maximum Gasteiger partial charge on any atom is 0.232 e. The Hall–Kier alpha value is -1.29. The lowest BCUT2D eigenvalue weighted by Gasteiger charge is -2.41. The van der Waals surface area contributed by atoms with Gasteiger partial charge in [-0.3, -0.25) is 4.31 Å². The second-order valence-corrected chi connectivity index (χ2v) is 7.85. The molecule has 2 aliphatic rings. The van der Waals surface area contributed by atoms with Gasteiger partial charge >= 0.3 is 0 Å². The van der Waals surface area contributed by atoms with Crippen LogP contribution in [0.2, 0.25) is 0 Å². The smallest absolute Gasteiger partial charge is 0.232 e. The van der Waals surface area contributed by atoms with Crippen LogP contribution in [-0.2, 0) is 15.4 Å². The number of allylic oxidation sites excluding steroid dienone is 1. The van der Waals surface area contributed by atoms with E-state index in [0.717, 1.165) is 37.8 Å². The number of hydrogen-bond donors (Lipinski definition) is 0. The van der Waals surface area contributed by atoms with E-state index in [2.05, 4.69) is 12.6 Å². The Kier molecular flexibility index (Phi) is 3.16. The lowest BCUT2D eigenvalue weighted by Crippen LogP contribution is -2.48. The number of anilines is 1. The summed E-state index contributed by atoms with van der Waals surface area (Å²) in [5.74, 6) is 0. The van der Waals surface area contributed by atoms with E-state index in [4.69, 9.17) is 0 Å². The van der Waals surface area contributed by atoms with Gasteiger partial charge in [0, 0.05) is 5.41 Å². The number of benzene rings is 1. The molecule has 1 heterocycles. The highest BCUT2D eigenvalue weighted by Gasteiger charge is 2.53. The molecule has 0 N–H and O–H groups in total. The van der Waals surface area contributed by atoms with Crippen molar-refractivity contribution >= 4 is 15.7 Å². The molecule has 108 valence electrons. The zero-order valence-corrected chi connectivity index (χ0v) is 12.7. The van der Waals surface area contributed by atoms with Crippen molar-refractivity contribution in [1.29, 1.82) is 0 Å². The Balaban J connectivity index is 2.24. The highest BCUT2D eigenvalue weighted by atomic mass is 32.2. The van der Waals surface area contributed by atoms with Crippen molar-refractivity contribution < 1.29 is 8.42 Å². The molecule has 1 aliphatic heterocycles. The van der Waals surface area contributed by atoms with Crippen molar-refractivity contribution in [3.63, 3.8) is 0 Å². The van der Waals surface area contributed by atoms with Crippen LogP contribution in [0.1, 0.15) is 37.7 Å². The van der Waals surface area contributed by atoms with E-state index in [0.29, 0.717) is 0 Å². The summed E-state index contributed by atoms with van der Waals surface area (Å²) >= 11 is 0. The third-order valence-electron chi connectivity index (χ3n) is 4.82. The second kappa shape index (κ2) is 4.62. The van der Waals surface area contributed by atoms with Crippen molar-refractivity contribution in [2.24, 2.45) is 0 Å². The number of fused-ring (bicyclic) bond motifs is 3. The van der Waals surface area contributed by atoms with Gasteiger partial charge in [-0.2, -0.15) is 0 Å². The van der Waals surface area contributed by atoms with E-state index in [9.17, 15) is 8.42 Å². The van der Waals surface area contributed by atoms with E-state index < -0.39 is 10.0 Å². The van der Waals surface area contributed by atoms with Crippen LogP contribution in [0.5, 0.6) is 0 Å². The molecule has 1 aromatic rings. The molecule has 1 aliphatic carbocycles. The fourth-order valence-electron chi connectivity index (χ4n) is 4.15. The summed E-state index contributed by atoms with van der Waals surface area (Å²) in [5.41, 5.74) is 2.00. The number of sulfonamides is 1. The zero-order chi connectivity index (χ0) is 14.4. The van der Waals surface area contributed by atoms with E-state index in [-0.39, 0.29) is 11.5 Å². The first-order chi connectivity index (χ1) is 9.50. The van der Waals surface area contributed by atoms with Crippen molar-refractivity contribution in [2.45, 2.75) is 43.6 Å². The van der Waals surface area contributed by atoms with Gasteiger partial charge in [0.05, 0.1) is 18.0 Å². The Morgan fingerprint density at radius 1 is 1.40 bits per heavy atom. The van der Waals surface area contributed by atoms with Gasteiger partial charge in [0.2, 0.25) is 10.0 Å². The molecule has 3 nitrogen and oxygen atoms in total. The summed E-state index contributed by atoms with van der Waals surface area (Å²) in [7, 11) is -3.24. The van der Waals surface area contributed by atoms with E-state index in [1.165, 1.54) is 11.8 Å². The second-order valence-electron chi connectivity index (χ2n) is 5.99. The molecule has 0 aromatic heterocycles. The molecule has 1 fully saturated rings. The molecule has 2 atom stereocenters.